The maximum Gasteiger partial charge on any atom is 0.410 e. The standard InChI is InChI=1S/C41H39N3O5/c1-48-40(46)38(25-29-26-42-36-21-10-9-16-30(29)36)43(23-11-15-28-13-3-2-4-14-28)39(45)37-22-12-24-44(37)41(47)49-27-35-33-19-7-5-17-31(33)32-18-6-8-20-34(32)35/h2-11,13-21,26,35,37-38,42H,12,22-25,27H2,1H3/b15-11+/t37-,38-/m0/s1. The zero-order valence-electron chi connectivity index (χ0n) is 27.5. The van der Waals surface area contributed by atoms with E-state index in [-0.39, 0.29) is 31.4 Å². The topological polar surface area (TPSA) is 91.9 Å². The first-order valence-corrected chi connectivity index (χ1v) is 16.8. The lowest BCUT2D eigenvalue weighted by atomic mass is 9.98. The van der Waals surface area contributed by atoms with Gasteiger partial charge in [0.05, 0.1) is 7.11 Å². The van der Waals surface area contributed by atoms with Crippen LogP contribution in [0.15, 0.2) is 115 Å². The van der Waals surface area contributed by atoms with Gasteiger partial charge in [0, 0.05) is 42.5 Å². The maximum absolute atomic E-state index is 14.6. The van der Waals surface area contributed by atoms with Crippen molar-refractivity contribution >= 4 is 34.9 Å². The highest BCUT2D eigenvalue weighted by atomic mass is 16.6. The molecule has 0 radical (unpaired) electrons. The van der Waals surface area contributed by atoms with E-state index < -0.39 is 24.1 Å². The number of fused-ring (bicyclic) bond motifs is 4. The van der Waals surface area contributed by atoms with Gasteiger partial charge < -0.3 is 19.4 Å². The second-order valence-corrected chi connectivity index (χ2v) is 12.6. The number of methoxy groups -OCH3 is 1. The monoisotopic (exact) mass is 653 g/mol. The van der Waals surface area contributed by atoms with Crippen molar-refractivity contribution in [3.8, 4) is 11.1 Å². The molecule has 2 atom stereocenters. The number of para-hydroxylation sites is 1. The van der Waals surface area contributed by atoms with Crippen LogP contribution in [0.4, 0.5) is 4.79 Å². The molecule has 1 aliphatic carbocycles. The van der Waals surface area contributed by atoms with Crippen molar-refractivity contribution in [1.82, 2.24) is 14.8 Å². The van der Waals surface area contributed by atoms with Crippen LogP contribution < -0.4 is 0 Å². The zero-order valence-corrected chi connectivity index (χ0v) is 27.5. The van der Waals surface area contributed by atoms with Crippen molar-refractivity contribution in [2.45, 2.75) is 37.3 Å². The van der Waals surface area contributed by atoms with Gasteiger partial charge in [-0.2, -0.15) is 0 Å². The Balaban J connectivity index is 1.13. The molecule has 0 unspecified atom stereocenters. The van der Waals surface area contributed by atoms with Crippen molar-refractivity contribution in [2.75, 3.05) is 26.8 Å². The summed E-state index contributed by atoms with van der Waals surface area (Å²) < 4.78 is 11.3. The predicted molar refractivity (Wildman–Crippen MR) is 190 cm³/mol. The Morgan fingerprint density at radius 3 is 2.31 bits per heavy atom. The lowest BCUT2D eigenvalue weighted by molar-refractivity contribution is -0.153. The third-order valence-electron chi connectivity index (χ3n) is 9.74. The van der Waals surface area contributed by atoms with Gasteiger partial charge in [-0.15, -0.1) is 0 Å². The van der Waals surface area contributed by atoms with E-state index >= 15 is 0 Å². The molecule has 0 saturated carbocycles. The highest BCUT2D eigenvalue weighted by Gasteiger charge is 2.41. The lowest BCUT2D eigenvalue weighted by Gasteiger charge is -2.34. The molecule has 1 aliphatic heterocycles. The number of benzene rings is 4. The third kappa shape index (κ3) is 6.46. The molecule has 0 bridgehead atoms. The summed E-state index contributed by atoms with van der Waals surface area (Å²) in [5, 5.41) is 0.977. The molecule has 1 N–H and O–H groups in total. The van der Waals surface area contributed by atoms with Crippen LogP contribution in [0.2, 0.25) is 0 Å². The van der Waals surface area contributed by atoms with Crippen LogP contribution >= 0.6 is 0 Å². The number of esters is 1. The van der Waals surface area contributed by atoms with Gasteiger partial charge in [-0.3, -0.25) is 9.69 Å². The molecular formula is C41H39N3O5. The summed E-state index contributed by atoms with van der Waals surface area (Å²) in [7, 11) is 1.34. The number of H-pyrrole nitrogens is 1. The van der Waals surface area contributed by atoms with Gasteiger partial charge in [0.15, 0.2) is 0 Å². The Hall–Kier alpha value is -5.63. The van der Waals surface area contributed by atoms with Gasteiger partial charge >= 0.3 is 12.1 Å². The number of aromatic nitrogens is 1. The maximum atomic E-state index is 14.6. The van der Waals surface area contributed by atoms with Crippen LogP contribution in [0, 0.1) is 0 Å². The Labute approximate surface area is 285 Å². The Morgan fingerprint density at radius 2 is 1.57 bits per heavy atom. The number of carbonyl (C=O) groups is 3. The molecule has 248 valence electrons. The van der Waals surface area contributed by atoms with Crippen molar-refractivity contribution < 1.29 is 23.9 Å². The van der Waals surface area contributed by atoms with E-state index in [1.165, 1.54) is 12.0 Å². The van der Waals surface area contributed by atoms with Crippen LogP contribution in [-0.2, 0) is 25.5 Å². The molecule has 7 rings (SSSR count). The molecule has 8 nitrogen and oxygen atoms in total. The summed E-state index contributed by atoms with van der Waals surface area (Å²) >= 11 is 0. The van der Waals surface area contributed by atoms with E-state index in [0.717, 1.165) is 44.3 Å². The quantitative estimate of drug-likeness (QED) is 0.161. The van der Waals surface area contributed by atoms with Crippen molar-refractivity contribution in [1.29, 1.82) is 0 Å². The first-order chi connectivity index (χ1) is 24.0. The van der Waals surface area contributed by atoms with E-state index in [9.17, 15) is 14.4 Å². The predicted octanol–water partition coefficient (Wildman–Crippen LogP) is 7.21. The average Bonchev–Trinajstić information content (AvgIpc) is 3.88. The Kier molecular flexibility index (Phi) is 9.28. The SMILES string of the molecule is COC(=O)[C@H](Cc1c[nH]c2ccccc12)N(C/C=C/c1ccccc1)C(=O)[C@@H]1CCCN1C(=O)OCC1c2ccccc2-c2ccccc21. The smallest absolute Gasteiger partial charge is 0.410 e. The number of hydrogen-bond acceptors (Lipinski definition) is 5. The highest BCUT2D eigenvalue weighted by molar-refractivity contribution is 5.91. The summed E-state index contributed by atoms with van der Waals surface area (Å²) in [5.74, 6) is -0.913. The molecule has 1 aromatic heterocycles. The Morgan fingerprint density at radius 1 is 0.898 bits per heavy atom. The normalized spacial score (nSPS) is 16.0. The second kappa shape index (κ2) is 14.2. The second-order valence-electron chi connectivity index (χ2n) is 12.6. The van der Waals surface area contributed by atoms with Gasteiger partial charge in [0.1, 0.15) is 18.7 Å². The number of nitrogens with zero attached hydrogens (tertiary/aromatic N) is 2. The summed E-state index contributed by atoms with van der Waals surface area (Å²) in [4.78, 5) is 48.2. The lowest BCUT2D eigenvalue weighted by Crippen LogP contribution is -2.54. The molecule has 2 amide bonds. The number of ether oxygens (including phenoxy) is 2. The fourth-order valence-corrected chi connectivity index (χ4v) is 7.31. The zero-order chi connectivity index (χ0) is 33.7. The number of rotatable bonds is 10. The Bertz CT molecular complexity index is 1960. The van der Waals surface area contributed by atoms with Crippen LogP contribution in [0.3, 0.4) is 0 Å². The summed E-state index contributed by atoms with van der Waals surface area (Å²) in [5.41, 5.74) is 7.37. The number of hydrogen-bond donors (Lipinski definition) is 1. The minimum Gasteiger partial charge on any atom is -0.467 e. The van der Waals surface area contributed by atoms with E-state index in [4.69, 9.17) is 9.47 Å². The number of likely N-dealkylation sites (tertiary alicyclic amines) is 1. The van der Waals surface area contributed by atoms with E-state index in [2.05, 4.69) is 29.2 Å². The van der Waals surface area contributed by atoms with Gasteiger partial charge in [-0.1, -0.05) is 109 Å². The number of nitrogens with one attached hydrogen (secondary N) is 1. The number of carbonyl (C=O) groups excluding carboxylic acids is 3. The molecule has 0 spiro atoms. The summed E-state index contributed by atoms with van der Waals surface area (Å²) in [6.07, 6.45) is 6.54. The number of aromatic amines is 1. The molecule has 8 heteroatoms. The molecule has 1 fully saturated rings. The fraction of sp³-hybridized carbons (Fsp3) is 0.244. The van der Waals surface area contributed by atoms with Gasteiger partial charge in [-0.25, -0.2) is 9.59 Å². The first kappa shape index (κ1) is 31.9. The van der Waals surface area contributed by atoms with Gasteiger partial charge in [-0.05, 0) is 52.3 Å². The van der Waals surface area contributed by atoms with Crippen LogP contribution in [0.1, 0.15) is 41.0 Å². The van der Waals surface area contributed by atoms with E-state index in [1.807, 2.05) is 97.2 Å². The molecule has 1 saturated heterocycles. The van der Waals surface area contributed by atoms with Crippen molar-refractivity contribution in [3.05, 3.63) is 138 Å². The van der Waals surface area contributed by atoms with Gasteiger partial charge in [0.2, 0.25) is 5.91 Å². The first-order valence-electron chi connectivity index (χ1n) is 16.8. The summed E-state index contributed by atoms with van der Waals surface area (Å²) in [6, 6.07) is 32.4. The average molecular weight is 654 g/mol. The summed E-state index contributed by atoms with van der Waals surface area (Å²) in [6.45, 7) is 0.718. The molecule has 49 heavy (non-hydrogen) atoms. The van der Waals surface area contributed by atoms with Crippen LogP contribution in [0.25, 0.3) is 28.1 Å². The minimum atomic E-state index is -0.915. The fourth-order valence-electron chi connectivity index (χ4n) is 7.31. The number of amides is 2. The molecule has 5 aromatic rings. The molecule has 2 heterocycles. The van der Waals surface area contributed by atoms with E-state index in [0.29, 0.717) is 19.4 Å². The van der Waals surface area contributed by atoms with Crippen molar-refractivity contribution in [3.63, 3.8) is 0 Å². The van der Waals surface area contributed by atoms with E-state index in [1.54, 1.807) is 4.90 Å². The highest BCUT2D eigenvalue weighted by Crippen LogP contribution is 2.44. The van der Waals surface area contributed by atoms with Crippen molar-refractivity contribution in [2.24, 2.45) is 0 Å². The molecule has 2 aliphatic rings. The van der Waals surface area contributed by atoms with Crippen LogP contribution in [0.5, 0.6) is 0 Å². The minimum absolute atomic E-state index is 0.0902. The molecule has 4 aromatic carbocycles. The third-order valence-corrected chi connectivity index (χ3v) is 9.74. The van der Waals surface area contributed by atoms with Gasteiger partial charge in [0.25, 0.3) is 0 Å². The molecular weight excluding hydrogens is 614 g/mol. The van der Waals surface area contributed by atoms with Crippen LogP contribution in [-0.4, -0.2) is 71.6 Å². The largest absolute Gasteiger partial charge is 0.467 e.